The molecule has 0 radical (unpaired) electrons. The van der Waals surface area contributed by atoms with E-state index in [-0.39, 0.29) is 6.10 Å². The summed E-state index contributed by atoms with van der Waals surface area (Å²) >= 11 is 0. The van der Waals surface area contributed by atoms with Gasteiger partial charge >= 0.3 is 0 Å². The Hall–Kier alpha value is -0.0800. The first kappa shape index (κ1) is 10.4. The highest BCUT2D eigenvalue weighted by atomic mass is 16.3. The van der Waals surface area contributed by atoms with E-state index in [2.05, 4.69) is 12.2 Å². The number of nitrogens with one attached hydrogen (secondary N) is 1. The van der Waals surface area contributed by atoms with Gasteiger partial charge < -0.3 is 10.4 Å². The van der Waals surface area contributed by atoms with Crippen LogP contribution in [0.3, 0.4) is 0 Å². The zero-order valence-corrected chi connectivity index (χ0v) is 9.21. The van der Waals surface area contributed by atoms with Gasteiger partial charge in [0.25, 0.3) is 0 Å². The molecule has 2 saturated carbocycles. The largest absolute Gasteiger partial charge is 0.392 e. The van der Waals surface area contributed by atoms with Crippen LogP contribution < -0.4 is 5.32 Å². The lowest BCUT2D eigenvalue weighted by Crippen LogP contribution is -2.49. The van der Waals surface area contributed by atoms with E-state index in [0.29, 0.717) is 12.1 Å². The van der Waals surface area contributed by atoms with Crippen molar-refractivity contribution in [2.45, 2.75) is 70.1 Å². The molecule has 0 aromatic heterocycles. The Bertz CT molecular complexity index is 179. The molecule has 2 aliphatic rings. The van der Waals surface area contributed by atoms with Crippen molar-refractivity contribution in [3.8, 4) is 0 Å². The Morgan fingerprint density at radius 3 is 2.36 bits per heavy atom. The van der Waals surface area contributed by atoms with Crippen molar-refractivity contribution in [2.24, 2.45) is 5.92 Å². The van der Waals surface area contributed by atoms with E-state index in [0.717, 1.165) is 18.8 Å². The van der Waals surface area contributed by atoms with Crippen LogP contribution in [0.2, 0.25) is 0 Å². The van der Waals surface area contributed by atoms with E-state index in [1.54, 1.807) is 0 Å². The predicted octanol–water partition coefficient (Wildman–Crippen LogP) is 2.07. The number of aliphatic hydroxyl groups excluding tert-OH is 1. The molecule has 1 unspecified atom stereocenters. The van der Waals surface area contributed by atoms with Crippen LogP contribution in [0.15, 0.2) is 0 Å². The molecular weight excluding hydrogens is 174 g/mol. The van der Waals surface area contributed by atoms with Gasteiger partial charge in [0, 0.05) is 12.1 Å². The Balaban J connectivity index is 1.76. The quantitative estimate of drug-likeness (QED) is 0.726. The smallest absolute Gasteiger partial charge is 0.0693 e. The van der Waals surface area contributed by atoms with Crippen LogP contribution in [-0.2, 0) is 0 Å². The molecule has 2 nitrogen and oxygen atoms in total. The van der Waals surface area contributed by atoms with Gasteiger partial charge in [0.2, 0.25) is 0 Å². The highest BCUT2D eigenvalue weighted by Gasteiger charge is 2.29. The summed E-state index contributed by atoms with van der Waals surface area (Å²) < 4.78 is 0. The Morgan fingerprint density at radius 1 is 1.07 bits per heavy atom. The van der Waals surface area contributed by atoms with Gasteiger partial charge in [0.1, 0.15) is 0 Å². The Kier molecular flexibility index (Phi) is 3.45. The lowest BCUT2D eigenvalue weighted by atomic mass is 9.79. The summed E-state index contributed by atoms with van der Waals surface area (Å²) in [6, 6.07) is 0.987. The van der Waals surface area contributed by atoms with Gasteiger partial charge in [-0.15, -0.1) is 0 Å². The minimum absolute atomic E-state index is 0.0914. The molecule has 2 fully saturated rings. The van der Waals surface area contributed by atoms with Crippen LogP contribution in [0.5, 0.6) is 0 Å². The van der Waals surface area contributed by atoms with Crippen molar-refractivity contribution in [2.75, 3.05) is 0 Å². The molecule has 0 spiro atoms. The van der Waals surface area contributed by atoms with Crippen molar-refractivity contribution < 1.29 is 5.11 Å². The Morgan fingerprint density at radius 2 is 1.79 bits per heavy atom. The summed E-state index contributed by atoms with van der Waals surface area (Å²) in [4.78, 5) is 0. The summed E-state index contributed by atoms with van der Waals surface area (Å²) in [5.41, 5.74) is 0. The zero-order chi connectivity index (χ0) is 9.97. The molecule has 2 aliphatic carbocycles. The normalized spacial score (nSPS) is 36.4. The standard InChI is InChI=1S/C12H23NO/c1-9(10-5-4-6-10)13-11-7-2-3-8-12(11)14/h9-14H,2-8H2,1H3/t9?,11-,12-/m1/s1. The molecular formula is C12H23NO. The molecule has 2 N–H and O–H groups in total. The van der Waals surface area contributed by atoms with Crippen molar-refractivity contribution in [1.82, 2.24) is 5.32 Å². The third kappa shape index (κ3) is 2.29. The number of rotatable bonds is 3. The lowest BCUT2D eigenvalue weighted by Gasteiger charge is -2.37. The fraction of sp³-hybridized carbons (Fsp3) is 1.00. The maximum absolute atomic E-state index is 9.83. The van der Waals surface area contributed by atoms with Crippen LogP contribution in [0, 0.1) is 5.92 Å². The van der Waals surface area contributed by atoms with Crippen molar-refractivity contribution in [1.29, 1.82) is 0 Å². The minimum atomic E-state index is -0.0914. The van der Waals surface area contributed by atoms with E-state index in [1.807, 2.05) is 0 Å². The third-order valence-electron chi connectivity index (χ3n) is 4.06. The van der Waals surface area contributed by atoms with Crippen molar-refractivity contribution in [3.05, 3.63) is 0 Å². The van der Waals surface area contributed by atoms with E-state index in [4.69, 9.17) is 0 Å². The fourth-order valence-corrected chi connectivity index (χ4v) is 2.72. The summed E-state index contributed by atoms with van der Waals surface area (Å²) in [6.45, 7) is 2.28. The second kappa shape index (κ2) is 4.63. The zero-order valence-electron chi connectivity index (χ0n) is 9.21. The van der Waals surface area contributed by atoms with Gasteiger partial charge in [-0.2, -0.15) is 0 Å². The summed E-state index contributed by atoms with van der Waals surface area (Å²) in [5, 5.41) is 13.4. The van der Waals surface area contributed by atoms with Crippen LogP contribution in [0.25, 0.3) is 0 Å². The number of hydrogen-bond acceptors (Lipinski definition) is 2. The first-order valence-electron chi connectivity index (χ1n) is 6.21. The van der Waals surface area contributed by atoms with Gasteiger partial charge in [-0.1, -0.05) is 19.3 Å². The number of hydrogen-bond donors (Lipinski definition) is 2. The molecule has 0 aromatic carbocycles. The van der Waals surface area contributed by atoms with Crippen LogP contribution in [0.4, 0.5) is 0 Å². The minimum Gasteiger partial charge on any atom is -0.392 e. The van der Waals surface area contributed by atoms with E-state index >= 15 is 0 Å². The Labute approximate surface area is 87.1 Å². The van der Waals surface area contributed by atoms with E-state index in [9.17, 15) is 5.11 Å². The average Bonchev–Trinajstić information content (AvgIpc) is 2.05. The van der Waals surface area contributed by atoms with Crippen LogP contribution >= 0.6 is 0 Å². The molecule has 14 heavy (non-hydrogen) atoms. The van der Waals surface area contributed by atoms with Crippen LogP contribution in [0.1, 0.15) is 51.9 Å². The molecule has 2 rings (SSSR count). The second-order valence-electron chi connectivity index (χ2n) is 5.10. The molecule has 0 bridgehead atoms. The monoisotopic (exact) mass is 197 g/mol. The summed E-state index contributed by atoms with van der Waals surface area (Å²) in [5.74, 6) is 0.879. The lowest BCUT2D eigenvalue weighted by molar-refractivity contribution is 0.0756. The average molecular weight is 197 g/mol. The SMILES string of the molecule is CC(N[C@@H]1CCCC[C@H]1O)C1CCC1. The highest BCUT2D eigenvalue weighted by Crippen LogP contribution is 2.30. The maximum Gasteiger partial charge on any atom is 0.0693 e. The van der Waals surface area contributed by atoms with Gasteiger partial charge in [0.15, 0.2) is 0 Å². The molecule has 3 atom stereocenters. The fourth-order valence-electron chi connectivity index (χ4n) is 2.72. The first-order chi connectivity index (χ1) is 6.77. The third-order valence-corrected chi connectivity index (χ3v) is 4.06. The number of aliphatic hydroxyl groups is 1. The molecule has 0 amide bonds. The molecule has 82 valence electrons. The molecule has 0 aromatic rings. The summed E-state index contributed by atoms with van der Waals surface area (Å²) in [6.07, 6.45) is 8.74. The molecule has 0 aliphatic heterocycles. The molecule has 2 heteroatoms. The van der Waals surface area contributed by atoms with E-state index in [1.165, 1.54) is 32.1 Å². The predicted molar refractivity (Wildman–Crippen MR) is 58.2 cm³/mol. The van der Waals surface area contributed by atoms with Crippen molar-refractivity contribution in [3.63, 3.8) is 0 Å². The van der Waals surface area contributed by atoms with Gasteiger partial charge in [-0.25, -0.2) is 0 Å². The topological polar surface area (TPSA) is 32.3 Å². The van der Waals surface area contributed by atoms with Crippen molar-refractivity contribution >= 4 is 0 Å². The van der Waals surface area contributed by atoms with E-state index < -0.39 is 0 Å². The second-order valence-corrected chi connectivity index (χ2v) is 5.10. The van der Waals surface area contributed by atoms with Crippen LogP contribution in [-0.4, -0.2) is 23.3 Å². The summed E-state index contributed by atoms with van der Waals surface area (Å²) in [7, 11) is 0. The molecule has 0 saturated heterocycles. The maximum atomic E-state index is 9.83. The van der Waals surface area contributed by atoms with Gasteiger partial charge in [-0.05, 0) is 38.5 Å². The van der Waals surface area contributed by atoms with Gasteiger partial charge in [0.05, 0.1) is 6.10 Å². The highest BCUT2D eigenvalue weighted by molar-refractivity contribution is 4.86. The molecule has 0 heterocycles. The van der Waals surface area contributed by atoms with Gasteiger partial charge in [-0.3, -0.25) is 0 Å². The first-order valence-corrected chi connectivity index (χ1v) is 6.21.